The van der Waals surface area contributed by atoms with Crippen molar-refractivity contribution >= 4 is 55.0 Å². The number of fused-ring (bicyclic) bond motifs is 6. The van der Waals surface area contributed by atoms with Crippen LogP contribution in [0.2, 0.25) is 0 Å². The van der Waals surface area contributed by atoms with Crippen LogP contribution in [0.4, 0.5) is 11.4 Å². The highest BCUT2D eigenvalue weighted by Crippen LogP contribution is 2.40. The minimum Gasteiger partial charge on any atom is -0.309 e. The number of benzene rings is 9. The summed E-state index contributed by atoms with van der Waals surface area (Å²) in [6.07, 6.45) is 0. The summed E-state index contributed by atoms with van der Waals surface area (Å²) in [7, 11) is 0. The van der Waals surface area contributed by atoms with E-state index in [1.807, 2.05) is 72.8 Å². The van der Waals surface area contributed by atoms with E-state index in [1.54, 1.807) is 0 Å². The van der Waals surface area contributed by atoms with Gasteiger partial charge in [0.05, 0.1) is 46.6 Å². The van der Waals surface area contributed by atoms with Gasteiger partial charge in [-0.15, -0.1) is 0 Å². The van der Waals surface area contributed by atoms with Gasteiger partial charge >= 0.3 is 0 Å². The second-order valence-electron chi connectivity index (χ2n) is 16.9. The Bertz CT molecular complexity index is 3920. The molecule has 0 saturated carbocycles. The van der Waals surface area contributed by atoms with Crippen molar-refractivity contribution in [2.75, 3.05) is 0 Å². The molecule has 12 aromatic rings. The predicted octanol–water partition coefficient (Wildman–Crippen LogP) is 16.4. The Morgan fingerprint density at radius 1 is 0.373 bits per heavy atom. The molecule has 0 unspecified atom stereocenters. The Morgan fingerprint density at radius 3 is 1.63 bits per heavy atom. The molecule has 0 radical (unpaired) electrons. The van der Waals surface area contributed by atoms with Crippen molar-refractivity contribution < 1.29 is 0 Å². The maximum atomic E-state index is 8.24. The predicted molar refractivity (Wildman–Crippen MR) is 275 cm³/mol. The van der Waals surface area contributed by atoms with Gasteiger partial charge in [0, 0.05) is 44.2 Å². The molecular formula is C61H38N6. The summed E-state index contributed by atoms with van der Waals surface area (Å²) in [5.74, 6) is 0.681. The first-order valence-corrected chi connectivity index (χ1v) is 22.2. The standard InChI is InChI=1S/C61H38N6/c1-39-18-31-58-51(34-39)52-36-46(62-2)26-32-59(52)67(58)48-29-33-60-53(37-48)50-16-10-11-17-57(50)66(60)47-27-23-41(24-28-47)49-30-25-45(35-56(49)63-3)40-19-21-43(22-20-40)55-38-54(42-12-6-4-7-13-42)64-61(65-55)44-14-8-5-9-15-44/h4-38H,1H3. The highest BCUT2D eigenvalue weighted by atomic mass is 15.0. The molecule has 0 atom stereocenters. The number of aromatic nitrogens is 4. The number of aryl methyl sites for hydroxylation is 1. The Kier molecular flexibility index (Phi) is 9.38. The minimum absolute atomic E-state index is 0.597. The second kappa shape index (κ2) is 16.0. The van der Waals surface area contributed by atoms with Crippen molar-refractivity contribution in [3.63, 3.8) is 0 Å². The Labute approximate surface area is 387 Å². The van der Waals surface area contributed by atoms with Gasteiger partial charge in [-0.05, 0) is 107 Å². The normalized spacial score (nSPS) is 11.3. The Balaban J connectivity index is 0.867. The van der Waals surface area contributed by atoms with Crippen LogP contribution in [0.1, 0.15) is 5.56 Å². The third-order valence-corrected chi connectivity index (χ3v) is 12.8. The SMILES string of the molecule is [C-]#[N+]c1ccc2c(c1)c1cc(C)ccc1n2-c1ccc2c(c1)c1ccccc1n2-c1ccc(-c2ccc(-c3ccc(-c4cc(-c5ccccc5)nc(-c5ccccc5)n4)cc3)cc2[N+]#[C-])cc1. The molecule has 0 bridgehead atoms. The zero-order valence-electron chi connectivity index (χ0n) is 36.4. The molecule has 312 valence electrons. The van der Waals surface area contributed by atoms with Crippen LogP contribution < -0.4 is 0 Å². The van der Waals surface area contributed by atoms with Gasteiger partial charge < -0.3 is 9.13 Å². The molecule has 0 fully saturated rings. The van der Waals surface area contributed by atoms with E-state index in [0.717, 1.165) is 99.9 Å². The lowest BCUT2D eigenvalue weighted by Gasteiger charge is -2.12. The average molecular weight is 855 g/mol. The highest BCUT2D eigenvalue weighted by Gasteiger charge is 2.18. The van der Waals surface area contributed by atoms with Gasteiger partial charge in [0.25, 0.3) is 0 Å². The van der Waals surface area contributed by atoms with Gasteiger partial charge in [-0.1, -0.05) is 145 Å². The molecule has 12 rings (SSSR count). The van der Waals surface area contributed by atoms with Crippen molar-refractivity contribution in [3.8, 4) is 67.5 Å². The molecule has 0 aliphatic heterocycles. The van der Waals surface area contributed by atoms with Gasteiger partial charge in [-0.2, -0.15) is 0 Å². The van der Waals surface area contributed by atoms with Crippen LogP contribution in [0, 0.1) is 20.1 Å². The first-order chi connectivity index (χ1) is 33.0. The molecule has 0 amide bonds. The number of nitrogens with zero attached hydrogens (tertiary/aromatic N) is 6. The van der Waals surface area contributed by atoms with Crippen molar-refractivity contribution in [3.05, 3.63) is 241 Å². The van der Waals surface area contributed by atoms with Crippen LogP contribution in [0.15, 0.2) is 212 Å². The molecule has 0 spiro atoms. The first-order valence-electron chi connectivity index (χ1n) is 22.2. The number of rotatable bonds is 7. The summed E-state index contributed by atoms with van der Waals surface area (Å²) in [6, 6.07) is 73.3. The minimum atomic E-state index is 0.597. The summed E-state index contributed by atoms with van der Waals surface area (Å²) >= 11 is 0. The Morgan fingerprint density at radius 2 is 0.910 bits per heavy atom. The van der Waals surface area contributed by atoms with E-state index < -0.39 is 0 Å². The van der Waals surface area contributed by atoms with E-state index in [-0.39, 0.29) is 0 Å². The van der Waals surface area contributed by atoms with Crippen LogP contribution in [0.5, 0.6) is 0 Å². The van der Waals surface area contributed by atoms with E-state index in [9.17, 15) is 0 Å². The molecule has 6 nitrogen and oxygen atoms in total. The highest BCUT2D eigenvalue weighted by molar-refractivity contribution is 6.13. The van der Waals surface area contributed by atoms with E-state index in [1.165, 1.54) is 10.9 Å². The lowest BCUT2D eigenvalue weighted by molar-refractivity contribution is 1.16. The number of hydrogen-bond donors (Lipinski definition) is 0. The summed E-state index contributed by atoms with van der Waals surface area (Å²) in [6.45, 7) is 18.0. The zero-order valence-corrected chi connectivity index (χ0v) is 36.4. The monoisotopic (exact) mass is 854 g/mol. The third-order valence-electron chi connectivity index (χ3n) is 12.8. The van der Waals surface area contributed by atoms with Gasteiger partial charge in [0.2, 0.25) is 0 Å². The van der Waals surface area contributed by atoms with Gasteiger partial charge in [0.15, 0.2) is 17.2 Å². The van der Waals surface area contributed by atoms with Crippen molar-refractivity contribution in [2.45, 2.75) is 6.92 Å². The fourth-order valence-electron chi connectivity index (χ4n) is 9.59. The van der Waals surface area contributed by atoms with E-state index in [4.69, 9.17) is 23.1 Å². The molecule has 9 aromatic carbocycles. The maximum absolute atomic E-state index is 8.24. The molecule has 0 saturated heterocycles. The second-order valence-corrected chi connectivity index (χ2v) is 16.9. The van der Waals surface area contributed by atoms with Gasteiger partial charge in [-0.25, -0.2) is 19.7 Å². The molecular weight excluding hydrogens is 817 g/mol. The summed E-state index contributed by atoms with van der Waals surface area (Å²) in [5, 5.41) is 4.54. The third kappa shape index (κ3) is 6.80. The molecule has 0 aliphatic rings. The Hall–Kier alpha value is -9.36. The van der Waals surface area contributed by atoms with Crippen molar-refractivity contribution in [1.82, 2.24) is 19.1 Å². The van der Waals surface area contributed by atoms with E-state index >= 15 is 0 Å². The van der Waals surface area contributed by atoms with Crippen LogP contribution in [0.3, 0.4) is 0 Å². The zero-order chi connectivity index (χ0) is 45.0. The number of hydrogen-bond acceptors (Lipinski definition) is 2. The summed E-state index contributed by atoms with van der Waals surface area (Å²) in [4.78, 5) is 17.7. The quantitative estimate of drug-likeness (QED) is 0.150. The van der Waals surface area contributed by atoms with Crippen LogP contribution in [-0.4, -0.2) is 19.1 Å². The molecule has 3 heterocycles. The van der Waals surface area contributed by atoms with E-state index in [2.05, 4.69) is 165 Å². The smallest absolute Gasteiger partial charge is 0.195 e. The first kappa shape index (κ1) is 39.2. The number of para-hydroxylation sites is 1. The van der Waals surface area contributed by atoms with E-state index in [0.29, 0.717) is 17.2 Å². The molecule has 67 heavy (non-hydrogen) atoms. The molecule has 0 aliphatic carbocycles. The summed E-state index contributed by atoms with van der Waals surface area (Å²) < 4.78 is 4.64. The maximum Gasteiger partial charge on any atom is 0.195 e. The molecule has 6 heteroatoms. The van der Waals surface area contributed by atoms with Crippen molar-refractivity contribution in [1.29, 1.82) is 0 Å². The summed E-state index contributed by atoms with van der Waals surface area (Å²) in [5.41, 5.74) is 17.5. The van der Waals surface area contributed by atoms with Crippen molar-refractivity contribution in [2.24, 2.45) is 0 Å². The topological polar surface area (TPSA) is 44.4 Å². The van der Waals surface area contributed by atoms with Crippen LogP contribution in [0.25, 0.3) is 121 Å². The van der Waals surface area contributed by atoms with Crippen LogP contribution in [-0.2, 0) is 0 Å². The molecule has 3 aromatic heterocycles. The van der Waals surface area contributed by atoms with Gasteiger partial charge in [-0.3, -0.25) is 0 Å². The fraction of sp³-hybridized carbons (Fsp3) is 0.0164. The average Bonchev–Trinajstić information content (AvgIpc) is 3.90. The lowest BCUT2D eigenvalue weighted by atomic mass is 9.97. The largest absolute Gasteiger partial charge is 0.309 e. The molecule has 0 N–H and O–H groups in total. The van der Waals surface area contributed by atoms with Gasteiger partial charge in [0.1, 0.15) is 0 Å². The van der Waals surface area contributed by atoms with Crippen LogP contribution >= 0.6 is 0 Å². The lowest BCUT2D eigenvalue weighted by Crippen LogP contribution is -1.96. The fourth-order valence-corrected chi connectivity index (χ4v) is 9.59.